The molecule has 2 aromatic carbocycles. The van der Waals surface area contributed by atoms with E-state index in [1.54, 1.807) is 4.90 Å². The van der Waals surface area contributed by atoms with Gasteiger partial charge < -0.3 is 10.2 Å². The minimum Gasteiger partial charge on any atom is -0.338 e. The van der Waals surface area contributed by atoms with Gasteiger partial charge in [0.1, 0.15) is 5.82 Å². The minimum absolute atomic E-state index is 0.0640. The largest absolute Gasteiger partial charge is 0.338 e. The van der Waals surface area contributed by atoms with Crippen molar-refractivity contribution in [3.05, 3.63) is 65.5 Å². The number of nitrogens with zero attached hydrogens (tertiary/aromatic N) is 1. The highest BCUT2D eigenvalue weighted by atomic mass is 19.1. The van der Waals surface area contributed by atoms with Crippen LogP contribution in [0.2, 0.25) is 0 Å². The van der Waals surface area contributed by atoms with Crippen molar-refractivity contribution in [2.45, 2.75) is 26.2 Å². The van der Waals surface area contributed by atoms with Gasteiger partial charge in [-0.3, -0.25) is 9.59 Å². The normalized spacial score (nSPS) is 17.0. The van der Waals surface area contributed by atoms with E-state index < -0.39 is 0 Å². The van der Waals surface area contributed by atoms with Gasteiger partial charge in [-0.25, -0.2) is 4.39 Å². The van der Waals surface area contributed by atoms with Gasteiger partial charge in [0.25, 0.3) is 5.91 Å². The number of hydrogen-bond donors (Lipinski definition) is 1. The number of piperidine rings is 1. The fraction of sp³-hybridized carbons (Fsp3) is 0.333. The molecule has 0 saturated carbocycles. The van der Waals surface area contributed by atoms with E-state index in [1.807, 2.05) is 24.3 Å². The quantitative estimate of drug-likeness (QED) is 0.906. The molecule has 0 bridgehead atoms. The number of hydrogen-bond acceptors (Lipinski definition) is 2. The first kappa shape index (κ1) is 18.1. The molecular formula is C21H23FN2O2. The molecule has 1 heterocycles. The zero-order valence-electron chi connectivity index (χ0n) is 14.9. The van der Waals surface area contributed by atoms with Crippen molar-refractivity contribution in [1.29, 1.82) is 0 Å². The molecule has 1 aliphatic rings. The lowest BCUT2D eigenvalue weighted by atomic mass is 9.96. The molecule has 1 saturated heterocycles. The van der Waals surface area contributed by atoms with Gasteiger partial charge in [-0.1, -0.05) is 19.1 Å². The van der Waals surface area contributed by atoms with E-state index in [4.69, 9.17) is 0 Å². The van der Waals surface area contributed by atoms with Crippen molar-refractivity contribution in [2.24, 2.45) is 5.92 Å². The van der Waals surface area contributed by atoms with Crippen LogP contribution in [0, 0.1) is 11.7 Å². The number of rotatable bonds is 4. The van der Waals surface area contributed by atoms with E-state index in [-0.39, 0.29) is 23.5 Å². The Balaban J connectivity index is 1.62. The van der Waals surface area contributed by atoms with Crippen molar-refractivity contribution >= 4 is 17.5 Å². The molecule has 0 radical (unpaired) electrons. The van der Waals surface area contributed by atoms with Crippen LogP contribution in [0.4, 0.5) is 10.1 Å². The third-order valence-electron chi connectivity index (χ3n) is 4.80. The maximum Gasteiger partial charge on any atom is 0.253 e. The molecule has 2 aromatic rings. The van der Waals surface area contributed by atoms with E-state index in [0.717, 1.165) is 24.9 Å². The number of carbonyl (C=O) groups excluding carboxylic acids is 2. The van der Waals surface area contributed by atoms with Crippen molar-refractivity contribution in [1.82, 2.24) is 4.90 Å². The third kappa shape index (κ3) is 4.28. The van der Waals surface area contributed by atoms with Crippen LogP contribution in [0.5, 0.6) is 0 Å². The Labute approximate surface area is 153 Å². The standard InChI is InChI=1S/C21H23FN2O2/c1-2-15-5-11-19(12-6-15)23-20(25)17-4-3-13-24(14-17)21(26)16-7-9-18(22)10-8-16/h5-12,17H,2-4,13-14H2,1H3,(H,23,25)/t17-/m0/s1. The first-order valence-corrected chi connectivity index (χ1v) is 9.01. The molecule has 1 aliphatic heterocycles. The zero-order valence-corrected chi connectivity index (χ0v) is 14.9. The van der Waals surface area contributed by atoms with Crippen LogP contribution in [0.1, 0.15) is 35.7 Å². The molecule has 4 nitrogen and oxygen atoms in total. The topological polar surface area (TPSA) is 49.4 Å². The number of aryl methyl sites for hydroxylation is 1. The summed E-state index contributed by atoms with van der Waals surface area (Å²) in [5.74, 6) is -0.828. The number of benzene rings is 2. The molecule has 1 fully saturated rings. The van der Waals surface area contributed by atoms with E-state index in [1.165, 1.54) is 29.8 Å². The van der Waals surface area contributed by atoms with Crippen LogP contribution >= 0.6 is 0 Å². The SMILES string of the molecule is CCc1ccc(NC(=O)[C@H]2CCCN(C(=O)c3ccc(F)cc3)C2)cc1. The van der Waals surface area contributed by atoms with Crippen LogP contribution in [-0.2, 0) is 11.2 Å². The maximum atomic E-state index is 13.0. The van der Waals surface area contributed by atoms with Gasteiger partial charge in [0.2, 0.25) is 5.91 Å². The number of halogens is 1. The van der Waals surface area contributed by atoms with E-state index >= 15 is 0 Å². The Kier molecular flexibility index (Phi) is 5.66. The summed E-state index contributed by atoms with van der Waals surface area (Å²) in [6.45, 7) is 3.09. The number of likely N-dealkylation sites (tertiary alicyclic amines) is 1. The van der Waals surface area contributed by atoms with Gasteiger partial charge in [-0.05, 0) is 61.2 Å². The molecule has 26 heavy (non-hydrogen) atoms. The summed E-state index contributed by atoms with van der Waals surface area (Å²) in [6, 6.07) is 13.3. The summed E-state index contributed by atoms with van der Waals surface area (Å²) in [5, 5.41) is 2.94. The van der Waals surface area contributed by atoms with Crippen molar-refractivity contribution in [3.63, 3.8) is 0 Å². The predicted octanol–water partition coefficient (Wildman–Crippen LogP) is 3.88. The molecule has 0 unspecified atom stereocenters. The number of anilines is 1. The molecule has 1 atom stereocenters. The first-order valence-electron chi connectivity index (χ1n) is 9.01. The van der Waals surface area contributed by atoms with Gasteiger partial charge in [0.05, 0.1) is 5.92 Å². The molecule has 2 amide bonds. The Morgan fingerprint density at radius 2 is 1.81 bits per heavy atom. The number of carbonyl (C=O) groups is 2. The van der Waals surface area contributed by atoms with Crippen LogP contribution in [-0.4, -0.2) is 29.8 Å². The minimum atomic E-state index is -0.369. The average molecular weight is 354 g/mol. The van der Waals surface area contributed by atoms with Crippen LogP contribution < -0.4 is 5.32 Å². The van der Waals surface area contributed by atoms with Gasteiger partial charge >= 0.3 is 0 Å². The lowest BCUT2D eigenvalue weighted by Gasteiger charge is -2.32. The molecule has 0 aliphatic carbocycles. The second-order valence-electron chi connectivity index (χ2n) is 6.64. The van der Waals surface area contributed by atoms with Crippen LogP contribution in [0.25, 0.3) is 0 Å². The van der Waals surface area contributed by atoms with Gasteiger partial charge in [-0.2, -0.15) is 0 Å². The fourth-order valence-corrected chi connectivity index (χ4v) is 3.22. The van der Waals surface area contributed by atoms with Crippen molar-refractivity contribution in [2.75, 3.05) is 18.4 Å². The molecular weight excluding hydrogens is 331 g/mol. The van der Waals surface area contributed by atoms with Crippen molar-refractivity contribution < 1.29 is 14.0 Å². The lowest BCUT2D eigenvalue weighted by molar-refractivity contribution is -0.121. The number of amides is 2. The molecule has 0 aromatic heterocycles. The monoisotopic (exact) mass is 354 g/mol. The number of nitrogens with one attached hydrogen (secondary N) is 1. The summed E-state index contributed by atoms with van der Waals surface area (Å²) in [6.07, 6.45) is 2.49. The smallest absolute Gasteiger partial charge is 0.253 e. The van der Waals surface area contributed by atoms with Gasteiger partial charge in [0, 0.05) is 24.3 Å². The highest BCUT2D eigenvalue weighted by Crippen LogP contribution is 2.21. The van der Waals surface area contributed by atoms with Crippen LogP contribution in [0.3, 0.4) is 0 Å². The molecule has 1 N–H and O–H groups in total. The Morgan fingerprint density at radius 3 is 2.46 bits per heavy atom. The maximum absolute atomic E-state index is 13.0. The predicted molar refractivity (Wildman–Crippen MR) is 99.5 cm³/mol. The summed E-state index contributed by atoms with van der Waals surface area (Å²) < 4.78 is 13.0. The third-order valence-corrected chi connectivity index (χ3v) is 4.80. The second-order valence-corrected chi connectivity index (χ2v) is 6.64. The molecule has 0 spiro atoms. The lowest BCUT2D eigenvalue weighted by Crippen LogP contribution is -2.43. The highest BCUT2D eigenvalue weighted by Gasteiger charge is 2.29. The van der Waals surface area contributed by atoms with Gasteiger partial charge in [0.15, 0.2) is 0 Å². The van der Waals surface area contributed by atoms with E-state index in [9.17, 15) is 14.0 Å². The van der Waals surface area contributed by atoms with Crippen molar-refractivity contribution in [3.8, 4) is 0 Å². The Morgan fingerprint density at radius 1 is 1.12 bits per heavy atom. The van der Waals surface area contributed by atoms with Crippen LogP contribution in [0.15, 0.2) is 48.5 Å². The molecule has 3 rings (SSSR count). The average Bonchev–Trinajstić information content (AvgIpc) is 2.68. The van der Waals surface area contributed by atoms with Gasteiger partial charge in [-0.15, -0.1) is 0 Å². The zero-order chi connectivity index (χ0) is 18.5. The summed E-state index contributed by atoms with van der Waals surface area (Å²) in [5.41, 5.74) is 2.44. The summed E-state index contributed by atoms with van der Waals surface area (Å²) in [7, 11) is 0. The second kappa shape index (κ2) is 8.13. The summed E-state index contributed by atoms with van der Waals surface area (Å²) >= 11 is 0. The molecule has 136 valence electrons. The van der Waals surface area contributed by atoms with E-state index in [0.29, 0.717) is 18.7 Å². The Hall–Kier alpha value is -2.69. The molecule has 5 heteroatoms. The summed E-state index contributed by atoms with van der Waals surface area (Å²) in [4.78, 5) is 26.8. The Bertz CT molecular complexity index is 772. The highest BCUT2D eigenvalue weighted by molar-refractivity contribution is 5.96. The fourth-order valence-electron chi connectivity index (χ4n) is 3.22. The van der Waals surface area contributed by atoms with E-state index in [2.05, 4.69) is 12.2 Å². The first-order chi connectivity index (χ1) is 12.6.